The Labute approximate surface area is 138 Å². The molecule has 0 aliphatic heterocycles. The second kappa shape index (κ2) is 5.45. The fraction of sp³-hybridized carbons (Fsp3) is 0.0769. The molecule has 10 nitrogen and oxygen atoms in total. The molecular formula is C13H10N6O4S. The number of hydrogen-bond acceptors (Lipinski definition) is 8. The van der Waals surface area contributed by atoms with Crippen LogP contribution in [0.1, 0.15) is 5.69 Å². The van der Waals surface area contributed by atoms with E-state index in [4.69, 9.17) is 5.73 Å². The summed E-state index contributed by atoms with van der Waals surface area (Å²) in [5.41, 5.74) is 4.76. The van der Waals surface area contributed by atoms with Crippen molar-refractivity contribution in [2.75, 3.05) is 5.73 Å². The second-order valence-corrected chi connectivity index (χ2v) is 5.33. The van der Waals surface area contributed by atoms with Crippen LogP contribution in [0.2, 0.25) is 0 Å². The Hall–Kier alpha value is -3.21. The van der Waals surface area contributed by atoms with Crippen LogP contribution < -0.4 is 16.9 Å². The van der Waals surface area contributed by atoms with Crippen molar-refractivity contribution in [1.82, 2.24) is 9.03 Å². The number of nitrogen functional groups attached to an aromatic ring is 1. The number of azo groups is 1. The molecule has 2 heterocycles. The number of anilines is 1. The number of nitrogens with two attached hydrogens (primary N) is 1. The molecule has 0 saturated heterocycles. The summed E-state index contributed by atoms with van der Waals surface area (Å²) in [5, 5.41) is 18.3. The van der Waals surface area contributed by atoms with E-state index in [1.165, 1.54) is 24.3 Å². The quantitative estimate of drug-likeness (QED) is 0.322. The van der Waals surface area contributed by atoms with Crippen LogP contribution in [0.4, 0.5) is 22.9 Å². The predicted octanol–water partition coefficient (Wildman–Crippen LogP) is 1.70. The molecule has 0 radical (unpaired) electrons. The van der Waals surface area contributed by atoms with Crippen molar-refractivity contribution in [3.05, 3.63) is 60.8 Å². The summed E-state index contributed by atoms with van der Waals surface area (Å²) >= 11 is 4.04. The van der Waals surface area contributed by atoms with E-state index in [1.54, 1.807) is 6.92 Å². The van der Waals surface area contributed by atoms with Crippen LogP contribution in [0.25, 0.3) is 0 Å². The van der Waals surface area contributed by atoms with Crippen molar-refractivity contribution in [1.29, 1.82) is 0 Å². The van der Waals surface area contributed by atoms with Gasteiger partial charge in [-0.1, -0.05) is 6.07 Å². The molecule has 3 aromatic rings. The number of aryl methyl sites for hydroxylation is 1. The highest BCUT2D eigenvalue weighted by Gasteiger charge is 2.21. The third kappa shape index (κ3) is 2.22. The zero-order chi connectivity index (χ0) is 17.6. The van der Waals surface area contributed by atoms with E-state index in [0.29, 0.717) is 5.69 Å². The molecule has 0 spiro atoms. The lowest BCUT2D eigenvalue weighted by molar-refractivity contribution is -0.384. The average molecular weight is 346 g/mol. The number of aromatic nitrogens is 2. The van der Waals surface area contributed by atoms with Gasteiger partial charge in [-0.15, -0.1) is 22.9 Å². The molecular weight excluding hydrogens is 336 g/mol. The van der Waals surface area contributed by atoms with Gasteiger partial charge in [0, 0.05) is 12.1 Å². The summed E-state index contributed by atoms with van der Waals surface area (Å²) in [6.45, 7) is 1.55. The minimum Gasteiger partial charge on any atom is -0.382 e. The van der Waals surface area contributed by atoms with Crippen LogP contribution in [0, 0.1) is 17.0 Å². The van der Waals surface area contributed by atoms with Gasteiger partial charge in [0.15, 0.2) is 11.5 Å². The van der Waals surface area contributed by atoms with Gasteiger partial charge in [0.1, 0.15) is 0 Å². The standard InChI is InChI=1S/C13H10N6O4S/c1-6-10(24)13(21)18-11(14)9(12(20)17(6)18)16-15-7-3-2-4-8(5-7)19(22)23/h2-5,24H,14H2,1H3. The van der Waals surface area contributed by atoms with Crippen LogP contribution in [0.15, 0.2) is 49.0 Å². The van der Waals surface area contributed by atoms with Crippen molar-refractivity contribution in [3.8, 4) is 0 Å². The molecule has 2 N–H and O–H groups in total. The van der Waals surface area contributed by atoms with E-state index in [-0.39, 0.29) is 27.8 Å². The summed E-state index contributed by atoms with van der Waals surface area (Å²) in [4.78, 5) is 34.7. The van der Waals surface area contributed by atoms with E-state index >= 15 is 0 Å². The minimum absolute atomic E-state index is 0.112. The topological polar surface area (TPSA) is 137 Å². The lowest BCUT2D eigenvalue weighted by atomic mass is 10.3. The summed E-state index contributed by atoms with van der Waals surface area (Å²) in [5.74, 6) is -0.178. The fourth-order valence-electron chi connectivity index (χ4n) is 2.24. The highest BCUT2D eigenvalue weighted by atomic mass is 32.1. The molecule has 0 unspecified atom stereocenters. The van der Waals surface area contributed by atoms with Gasteiger partial charge in [-0.05, 0) is 13.0 Å². The van der Waals surface area contributed by atoms with Crippen molar-refractivity contribution in [2.24, 2.45) is 10.2 Å². The van der Waals surface area contributed by atoms with E-state index in [0.717, 1.165) is 9.03 Å². The number of fused-ring (bicyclic) bond motifs is 1. The first-order chi connectivity index (χ1) is 11.3. The first kappa shape index (κ1) is 15.7. The number of nitrogens with zero attached hydrogens (tertiary/aromatic N) is 5. The summed E-state index contributed by atoms with van der Waals surface area (Å²) in [6.07, 6.45) is 0. The number of hydrogen-bond donors (Lipinski definition) is 2. The maximum Gasteiger partial charge on any atom is 0.301 e. The van der Waals surface area contributed by atoms with Gasteiger partial charge >= 0.3 is 5.56 Å². The van der Waals surface area contributed by atoms with Crippen molar-refractivity contribution in [2.45, 2.75) is 11.8 Å². The van der Waals surface area contributed by atoms with Gasteiger partial charge < -0.3 is 5.73 Å². The monoisotopic (exact) mass is 346 g/mol. The molecule has 122 valence electrons. The maximum absolute atomic E-state index is 12.4. The van der Waals surface area contributed by atoms with E-state index < -0.39 is 16.0 Å². The Morgan fingerprint density at radius 3 is 2.54 bits per heavy atom. The molecule has 0 aliphatic rings. The molecule has 0 aliphatic carbocycles. The molecule has 0 atom stereocenters. The lowest BCUT2D eigenvalue weighted by Gasteiger charge is -1.93. The van der Waals surface area contributed by atoms with Gasteiger partial charge in [-0.3, -0.25) is 19.7 Å². The highest BCUT2D eigenvalue weighted by Crippen LogP contribution is 2.24. The predicted molar refractivity (Wildman–Crippen MR) is 88.2 cm³/mol. The van der Waals surface area contributed by atoms with Gasteiger partial charge in [0.25, 0.3) is 11.2 Å². The average Bonchev–Trinajstić information content (AvgIpc) is 2.94. The van der Waals surface area contributed by atoms with Crippen LogP contribution in [-0.4, -0.2) is 14.0 Å². The van der Waals surface area contributed by atoms with Crippen LogP contribution in [0.3, 0.4) is 0 Å². The SMILES string of the molecule is Cc1c(S)c(=O)n2c(N)c(N=Nc3cccc([N+](=O)[O-])c3)c(=O)n12. The normalized spacial score (nSPS) is 11.6. The summed E-state index contributed by atoms with van der Waals surface area (Å²) in [6, 6.07) is 5.42. The zero-order valence-corrected chi connectivity index (χ0v) is 13.1. The maximum atomic E-state index is 12.4. The van der Waals surface area contributed by atoms with E-state index in [1.807, 2.05) is 0 Å². The first-order valence-corrected chi connectivity index (χ1v) is 7.02. The third-order valence-electron chi connectivity index (χ3n) is 3.43. The van der Waals surface area contributed by atoms with Gasteiger partial charge in [0.2, 0.25) is 0 Å². The molecule has 0 saturated carbocycles. The van der Waals surface area contributed by atoms with E-state index in [2.05, 4.69) is 22.9 Å². The Bertz CT molecular complexity index is 1120. The van der Waals surface area contributed by atoms with Crippen molar-refractivity contribution >= 4 is 35.5 Å². The summed E-state index contributed by atoms with van der Waals surface area (Å²) < 4.78 is 2.02. The number of nitro groups is 1. The number of nitro benzene ring substituents is 1. The molecule has 2 aromatic heterocycles. The van der Waals surface area contributed by atoms with Crippen LogP contribution in [0.5, 0.6) is 0 Å². The summed E-state index contributed by atoms with van der Waals surface area (Å²) in [7, 11) is 0. The molecule has 1 aromatic carbocycles. The first-order valence-electron chi connectivity index (χ1n) is 6.57. The second-order valence-electron chi connectivity index (χ2n) is 4.88. The largest absolute Gasteiger partial charge is 0.382 e. The van der Waals surface area contributed by atoms with Crippen molar-refractivity contribution in [3.63, 3.8) is 0 Å². The molecule has 0 fully saturated rings. The third-order valence-corrected chi connectivity index (χ3v) is 3.94. The Morgan fingerprint density at radius 2 is 1.92 bits per heavy atom. The molecule has 3 rings (SSSR count). The zero-order valence-electron chi connectivity index (χ0n) is 12.2. The lowest BCUT2D eigenvalue weighted by Crippen LogP contribution is -2.15. The molecule has 0 bridgehead atoms. The molecule has 24 heavy (non-hydrogen) atoms. The van der Waals surface area contributed by atoms with Crippen LogP contribution in [-0.2, 0) is 0 Å². The van der Waals surface area contributed by atoms with Gasteiger partial charge in [-0.2, -0.15) is 4.52 Å². The van der Waals surface area contributed by atoms with E-state index in [9.17, 15) is 19.7 Å². The Morgan fingerprint density at radius 1 is 1.21 bits per heavy atom. The Kier molecular flexibility index (Phi) is 3.56. The fourth-order valence-corrected chi connectivity index (χ4v) is 2.43. The minimum atomic E-state index is -0.628. The number of thiol groups is 1. The number of benzene rings is 1. The number of rotatable bonds is 3. The van der Waals surface area contributed by atoms with Gasteiger partial charge in [0.05, 0.1) is 21.2 Å². The van der Waals surface area contributed by atoms with Gasteiger partial charge in [-0.25, -0.2) is 4.52 Å². The molecule has 0 amide bonds. The highest BCUT2D eigenvalue weighted by molar-refractivity contribution is 7.80. The van der Waals surface area contributed by atoms with Crippen LogP contribution >= 0.6 is 12.6 Å². The Balaban J connectivity index is 2.13. The number of non-ortho nitro benzene ring substituents is 1. The van der Waals surface area contributed by atoms with Crippen molar-refractivity contribution < 1.29 is 4.92 Å². The molecule has 11 heteroatoms. The smallest absolute Gasteiger partial charge is 0.301 e.